The molecule has 1 aliphatic rings. The van der Waals surface area contributed by atoms with Gasteiger partial charge in [0.05, 0.1) is 18.2 Å². The highest BCUT2D eigenvalue weighted by atomic mass is 16.2. The van der Waals surface area contributed by atoms with Crippen molar-refractivity contribution in [3.05, 3.63) is 65.9 Å². The molecule has 5 heteroatoms. The molecule has 3 aromatic heterocycles. The Morgan fingerprint density at radius 3 is 2.85 bits per heavy atom. The second-order valence-corrected chi connectivity index (χ2v) is 7.06. The number of likely N-dealkylation sites (tertiary alicyclic amines) is 1. The van der Waals surface area contributed by atoms with Crippen molar-refractivity contribution in [2.75, 3.05) is 6.54 Å². The lowest BCUT2D eigenvalue weighted by atomic mass is 10.0. The monoisotopic (exact) mass is 348 g/mol. The minimum Gasteiger partial charge on any atom is -0.335 e. The number of carbonyl (C=O) groups is 1. The van der Waals surface area contributed by atoms with Gasteiger partial charge in [0.25, 0.3) is 0 Å². The van der Waals surface area contributed by atoms with Gasteiger partial charge in [-0.05, 0) is 49.1 Å². The van der Waals surface area contributed by atoms with E-state index in [1.165, 1.54) is 12.0 Å². The number of imidazole rings is 1. The number of rotatable bonds is 3. The summed E-state index contributed by atoms with van der Waals surface area (Å²) in [7, 11) is 0. The first kappa shape index (κ1) is 16.8. The topological polar surface area (TPSA) is 50.5 Å². The number of aromatic nitrogens is 3. The van der Waals surface area contributed by atoms with E-state index in [0.29, 0.717) is 6.42 Å². The zero-order chi connectivity index (χ0) is 17.9. The van der Waals surface area contributed by atoms with Gasteiger partial charge in [-0.1, -0.05) is 18.9 Å². The first-order chi connectivity index (χ1) is 12.7. The predicted molar refractivity (Wildman–Crippen MR) is 101 cm³/mol. The summed E-state index contributed by atoms with van der Waals surface area (Å²) in [6.07, 6.45) is 12.3. The van der Waals surface area contributed by atoms with E-state index in [1.54, 1.807) is 0 Å². The fourth-order valence-electron chi connectivity index (χ4n) is 3.89. The van der Waals surface area contributed by atoms with Gasteiger partial charge in [0, 0.05) is 31.3 Å². The van der Waals surface area contributed by atoms with Crippen LogP contribution in [0.15, 0.2) is 49.1 Å². The standard InChI is InChI=1S/C21H24N4O/c1-16-6-5-12-24-15-18(23-21(16)24)14-20(26)25-13-4-2-3-7-19(25)17-8-10-22-11-9-17/h5-6,8-12,15,19H,2-4,7,13-14H2,1H3/t19-/m1/s1. The lowest BCUT2D eigenvalue weighted by molar-refractivity contribution is -0.133. The lowest BCUT2D eigenvalue weighted by Crippen LogP contribution is -2.36. The minimum absolute atomic E-state index is 0.145. The number of aryl methyl sites for hydroxylation is 1. The van der Waals surface area contributed by atoms with Crippen molar-refractivity contribution < 1.29 is 4.79 Å². The Balaban J connectivity index is 1.58. The van der Waals surface area contributed by atoms with Crippen LogP contribution in [0.4, 0.5) is 0 Å². The number of hydrogen-bond acceptors (Lipinski definition) is 3. The second-order valence-electron chi connectivity index (χ2n) is 7.06. The first-order valence-electron chi connectivity index (χ1n) is 9.35. The molecule has 1 aliphatic heterocycles. The van der Waals surface area contributed by atoms with Crippen molar-refractivity contribution in [2.24, 2.45) is 0 Å². The lowest BCUT2D eigenvalue weighted by Gasteiger charge is -2.30. The summed E-state index contributed by atoms with van der Waals surface area (Å²) in [6.45, 7) is 2.86. The highest BCUT2D eigenvalue weighted by Gasteiger charge is 2.27. The molecule has 1 amide bonds. The molecule has 0 aromatic carbocycles. The summed E-state index contributed by atoms with van der Waals surface area (Å²) in [5, 5.41) is 0. The van der Waals surface area contributed by atoms with Crippen LogP contribution in [0.2, 0.25) is 0 Å². The predicted octanol–water partition coefficient (Wildman–Crippen LogP) is 3.72. The van der Waals surface area contributed by atoms with E-state index in [9.17, 15) is 4.79 Å². The molecule has 1 fully saturated rings. The van der Waals surface area contributed by atoms with E-state index in [4.69, 9.17) is 0 Å². The van der Waals surface area contributed by atoms with Crippen molar-refractivity contribution in [1.29, 1.82) is 0 Å². The largest absolute Gasteiger partial charge is 0.335 e. The Bertz CT molecular complexity index is 903. The molecule has 5 nitrogen and oxygen atoms in total. The van der Waals surface area contributed by atoms with Gasteiger partial charge in [0.15, 0.2) is 0 Å². The molecule has 1 saturated heterocycles. The summed E-state index contributed by atoms with van der Waals surface area (Å²) in [4.78, 5) is 24.0. The van der Waals surface area contributed by atoms with Crippen molar-refractivity contribution in [2.45, 2.75) is 45.1 Å². The molecule has 4 heterocycles. The first-order valence-corrected chi connectivity index (χ1v) is 9.35. The molecular weight excluding hydrogens is 324 g/mol. The highest BCUT2D eigenvalue weighted by molar-refractivity contribution is 5.79. The van der Waals surface area contributed by atoms with Crippen LogP contribution in [0.3, 0.4) is 0 Å². The quantitative estimate of drug-likeness (QED) is 0.725. The van der Waals surface area contributed by atoms with Crippen LogP contribution in [0.1, 0.15) is 48.5 Å². The maximum Gasteiger partial charge on any atom is 0.229 e. The molecule has 0 radical (unpaired) electrons. The minimum atomic E-state index is 0.145. The number of hydrogen-bond donors (Lipinski definition) is 0. The zero-order valence-electron chi connectivity index (χ0n) is 15.1. The van der Waals surface area contributed by atoms with E-state index >= 15 is 0 Å². The molecule has 26 heavy (non-hydrogen) atoms. The maximum absolute atomic E-state index is 13.1. The Hall–Kier alpha value is -2.69. The zero-order valence-corrected chi connectivity index (χ0v) is 15.1. The number of carbonyl (C=O) groups excluding carboxylic acids is 1. The van der Waals surface area contributed by atoms with Crippen LogP contribution in [0, 0.1) is 6.92 Å². The van der Waals surface area contributed by atoms with Gasteiger partial charge >= 0.3 is 0 Å². The van der Waals surface area contributed by atoms with Crippen LogP contribution in [0.5, 0.6) is 0 Å². The molecule has 0 unspecified atom stereocenters. The number of nitrogens with zero attached hydrogens (tertiary/aromatic N) is 4. The Morgan fingerprint density at radius 2 is 2.04 bits per heavy atom. The van der Waals surface area contributed by atoms with Gasteiger partial charge in [-0.3, -0.25) is 9.78 Å². The molecule has 1 atom stereocenters. The second kappa shape index (κ2) is 7.28. The Kier molecular flexibility index (Phi) is 4.69. The van der Waals surface area contributed by atoms with E-state index in [0.717, 1.165) is 42.7 Å². The molecule has 3 aromatic rings. The van der Waals surface area contributed by atoms with Crippen molar-refractivity contribution in [1.82, 2.24) is 19.3 Å². The van der Waals surface area contributed by atoms with Crippen LogP contribution in [0.25, 0.3) is 5.65 Å². The van der Waals surface area contributed by atoms with Crippen LogP contribution in [-0.2, 0) is 11.2 Å². The number of fused-ring (bicyclic) bond motifs is 1. The fraction of sp³-hybridized carbons (Fsp3) is 0.381. The summed E-state index contributed by atoms with van der Waals surface area (Å²) >= 11 is 0. The molecule has 0 bridgehead atoms. The number of amides is 1. The molecule has 0 N–H and O–H groups in total. The number of pyridine rings is 2. The van der Waals surface area contributed by atoms with Gasteiger partial charge < -0.3 is 9.30 Å². The summed E-state index contributed by atoms with van der Waals surface area (Å²) in [5.41, 5.74) is 4.07. The van der Waals surface area contributed by atoms with Crippen molar-refractivity contribution in [3.8, 4) is 0 Å². The van der Waals surface area contributed by atoms with Crippen LogP contribution < -0.4 is 0 Å². The molecule has 4 rings (SSSR count). The van der Waals surface area contributed by atoms with Gasteiger partial charge in [-0.25, -0.2) is 4.98 Å². The van der Waals surface area contributed by atoms with Crippen LogP contribution >= 0.6 is 0 Å². The average Bonchev–Trinajstić information content (AvgIpc) is 2.91. The smallest absolute Gasteiger partial charge is 0.229 e. The molecular formula is C21H24N4O. The summed E-state index contributed by atoms with van der Waals surface area (Å²) in [5.74, 6) is 0.162. The summed E-state index contributed by atoms with van der Waals surface area (Å²) in [6, 6.07) is 8.26. The van der Waals surface area contributed by atoms with E-state index in [1.807, 2.05) is 60.4 Å². The van der Waals surface area contributed by atoms with Crippen LogP contribution in [-0.4, -0.2) is 31.7 Å². The van der Waals surface area contributed by atoms with E-state index in [2.05, 4.69) is 14.9 Å². The van der Waals surface area contributed by atoms with E-state index < -0.39 is 0 Å². The van der Waals surface area contributed by atoms with Gasteiger partial charge in [0.1, 0.15) is 5.65 Å². The fourth-order valence-corrected chi connectivity index (χ4v) is 3.89. The van der Waals surface area contributed by atoms with Crippen molar-refractivity contribution >= 4 is 11.6 Å². The third-order valence-electron chi connectivity index (χ3n) is 5.22. The molecule has 0 saturated carbocycles. The normalized spacial score (nSPS) is 18.0. The Morgan fingerprint density at radius 1 is 1.19 bits per heavy atom. The average molecular weight is 348 g/mol. The van der Waals surface area contributed by atoms with Gasteiger partial charge in [-0.2, -0.15) is 0 Å². The third kappa shape index (κ3) is 3.34. The SMILES string of the molecule is Cc1cccn2cc(CC(=O)N3CCCCC[C@@H]3c3ccncc3)nc12. The van der Waals surface area contributed by atoms with Gasteiger partial charge in [-0.15, -0.1) is 0 Å². The Labute approximate surface area is 153 Å². The molecule has 134 valence electrons. The van der Waals surface area contributed by atoms with Crippen molar-refractivity contribution in [3.63, 3.8) is 0 Å². The molecule has 0 spiro atoms. The highest BCUT2D eigenvalue weighted by Crippen LogP contribution is 2.30. The molecule has 0 aliphatic carbocycles. The third-order valence-corrected chi connectivity index (χ3v) is 5.22. The maximum atomic E-state index is 13.1. The van der Waals surface area contributed by atoms with E-state index in [-0.39, 0.29) is 11.9 Å². The summed E-state index contributed by atoms with van der Waals surface area (Å²) < 4.78 is 2.00. The van der Waals surface area contributed by atoms with Gasteiger partial charge in [0.2, 0.25) is 5.91 Å².